The average Bonchev–Trinajstić information content (AvgIpc) is 3.43. The molecule has 178 valence electrons. The second-order valence-electron chi connectivity index (χ2n) is 10.1. The Morgan fingerprint density at radius 1 is 0.970 bits per heavy atom. The Labute approximate surface area is 196 Å². The molecule has 0 bridgehead atoms. The highest BCUT2D eigenvalue weighted by molar-refractivity contribution is 5.79. The lowest BCUT2D eigenvalue weighted by Gasteiger charge is -2.22. The molecule has 0 saturated carbocycles. The first kappa shape index (κ1) is 23.3. The molecule has 33 heavy (non-hydrogen) atoms. The van der Waals surface area contributed by atoms with Crippen molar-refractivity contribution in [3.05, 3.63) is 47.5 Å². The summed E-state index contributed by atoms with van der Waals surface area (Å²) in [6, 6.07) is 12.2. The fourth-order valence-corrected chi connectivity index (χ4v) is 4.43. The molecule has 4 rings (SSSR count). The first-order valence-corrected chi connectivity index (χ1v) is 12.3. The summed E-state index contributed by atoms with van der Waals surface area (Å²) in [5, 5.41) is 11.1. The Morgan fingerprint density at radius 2 is 1.61 bits per heavy atom. The number of hydrogen-bond acceptors (Lipinski definition) is 3. The molecule has 2 heterocycles. The molecule has 0 unspecified atom stereocenters. The van der Waals surface area contributed by atoms with Crippen LogP contribution in [0.5, 0.6) is 5.75 Å². The van der Waals surface area contributed by atoms with Gasteiger partial charge in [-0.05, 0) is 42.0 Å². The van der Waals surface area contributed by atoms with Crippen molar-refractivity contribution < 1.29 is 14.6 Å². The molecule has 0 fully saturated rings. The first-order chi connectivity index (χ1) is 15.8. The van der Waals surface area contributed by atoms with Gasteiger partial charge in [0.1, 0.15) is 22.5 Å². The largest absolute Gasteiger partial charge is 0.505 e. The minimum Gasteiger partial charge on any atom is -0.505 e. The molecule has 4 aromatic rings. The van der Waals surface area contributed by atoms with Crippen molar-refractivity contribution in [1.29, 1.82) is 0 Å². The van der Waals surface area contributed by atoms with Crippen LogP contribution in [0.25, 0.3) is 16.7 Å². The summed E-state index contributed by atoms with van der Waals surface area (Å²) >= 11 is 0. The number of phenolic OH excluding ortho intramolecular Hbond substituents is 1. The molecule has 0 atom stereocenters. The van der Waals surface area contributed by atoms with Crippen molar-refractivity contribution in [3.8, 4) is 11.4 Å². The molecule has 0 spiro atoms. The van der Waals surface area contributed by atoms with Gasteiger partial charge in [0.25, 0.3) is 0 Å². The number of benzene rings is 2. The van der Waals surface area contributed by atoms with E-state index in [1.54, 1.807) is 0 Å². The smallest absolute Gasteiger partial charge is 0.306 e. The van der Waals surface area contributed by atoms with E-state index in [-0.39, 0.29) is 17.1 Å². The Morgan fingerprint density at radius 3 is 2.24 bits per heavy atom. The predicted octanol–water partition coefficient (Wildman–Crippen LogP) is 6.26. The summed E-state index contributed by atoms with van der Waals surface area (Å²) in [5.74, 6) is 0.138. The van der Waals surface area contributed by atoms with E-state index in [4.69, 9.17) is 4.74 Å². The second kappa shape index (κ2) is 9.54. The molecule has 0 aliphatic heterocycles. The molecular weight excluding hydrogens is 414 g/mol. The molecule has 0 saturated heterocycles. The molecule has 0 aliphatic carbocycles. The zero-order valence-corrected chi connectivity index (χ0v) is 20.4. The number of aryl methyl sites for hydroxylation is 1. The second-order valence-corrected chi connectivity index (χ2v) is 10.1. The lowest BCUT2D eigenvalue weighted by molar-refractivity contribution is -0.143. The fraction of sp³-hybridized carbons (Fsp3) is 0.519. The quantitative estimate of drug-likeness (QED) is 0.216. The molecule has 2 aromatic heterocycles. The number of rotatable bonds is 11. The van der Waals surface area contributed by atoms with E-state index in [0.717, 1.165) is 40.7 Å². The first-order valence-electron chi connectivity index (χ1n) is 12.3. The highest BCUT2D eigenvalue weighted by atomic mass is 16.5. The van der Waals surface area contributed by atoms with E-state index in [1.165, 1.54) is 25.7 Å². The van der Waals surface area contributed by atoms with Gasteiger partial charge in [0.15, 0.2) is 0 Å². The van der Waals surface area contributed by atoms with E-state index in [1.807, 2.05) is 38.3 Å². The number of phenols is 1. The minimum atomic E-state index is -0.223. The third-order valence-electron chi connectivity index (χ3n) is 6.37. The number of carbonyl (C=O) groups is 1. The molecule has 1 N–H and O–H groups in total. The molecule has 6 heteroatoms. The fourth-order valence-electron chi connectivity index (χ4n) is 4.43. The summed E-state index contributed by atoms with van der Waals surface area (Å²) in [4.78, 5) is 14.3. The maximum Gasteiger partial charge on any atom is 0.306 e. The zero-order chi connectivity index (χ0) is 23.6. The summed E-state index contributed by atoms with van der Waals surface area (Å²) in [6.07, 6.45) is 7.99. The van der Waals surface area contributed by atoms with Gasteiger partial charge in [0.2, 0.25) is 0 Å². The maximum absolute atomic E-state index is 12.3. The van der Waals surface area contributed by atoms with Crippen LogP contribution in [0.2, 0.25) is 0 Å². The molecule has 6 nitrogen and oxygen atoms in total. The van der Waals surface area contributed by atoms with E-state index in [9.17, 15) is 9.90 Å². The molecule has 0 amide bonds. The van der Waals surface area contributed by atoms with Crippen LogP contribution in [0.4, 0.5) is 0 Å². The average molecular weight is 452 g/mol. The van der Waals surface area contributed by atoms with Gasteiger partial charge in [-0.2, -0.15) is 0 Å². The Kier molecular flexibility index (Phi) is 6.73. The number of para-hydroxylation sites is 2. The Balaban J connectivity index is 1.43. The van der Waals surface area contributed by atoms with Gasteiger partial charge < -0.3 is 9.84 Å². The van der Waals surface area contributed by atoms with Gasteiger partial charge >= 0.3 is 5.97 Å². The van der Waals surface area contributed by atoms with Crippen molar-refractivity contribution in [2.75, 3.05) is 6.61 Å². The molecular formula is C27H37N3O3. The van der Waals surface area contributed by atoms with E-state index in [2.05, 4.69) is 39.8 Å². The van der Waals surface area contributed by atoms with Gasteiger partial charge in [-0.3, -0.25) is 4.79 Å². The summed E-state index contributed by atoms with van der Waals surface area (Å²) in [6.45, 7) is 9.00. The number of ether oxygens (including phenoxy) is 1. The summed E-state index contributed by atoms with van der Waals surface area (Å²) in [5.41, 5.74) is 4.68. The van der Waals surface area contributed by atoms with E-state index in [0.29, 0.717) is 19.4 Å². The third kappa shape index (κ3) is 4.90. The predicted molar refractivity (Wildman–Crippen MR) is 132 cm³/mol. The van der Waals surface area contributed by atoms with E-state index < -0.39 is 0 Å². The van der Waals surface area contributed by atoms with Crippen LogP contribution in [0, 0.1) is 0 Å². The molecule has 0 aliphatic rings. The maximum atomic E-state index is 12.3. The van der Waals surface area contributed by atoms with Crippen LogP contribution in [0.3, 0.4) is 0 Å². The van der Waals surface area contributed by atoms with Crippen LogP contribution in [-0.4, -0.2) is 31.7 Å². The number of aromatic hydroxyl groups is 1. The standard InChI is InChI=1S/C27H37N3O3/c1-5-6-7-8-9-12-17-33-25(31)16-15-20-18-21(27(2,3)4)26(32)24(19-20)30-28-22-13-10-11-14-23(22)29(28)30/h10-11,13-14,18-19,32H,5-9,12,15-17H2,1-4H3. The monoisotopic (exact) mass is 451 g/mol. The number of aromatic nitrogens is 3. The van der Waals surface area contributed by atoms with Crippen molar-refractivity contribution in [2.45, 2.75) is 84.5 Å². The number of esters is 1. The van der Waals surface area contributed by atoms with Crippen molar-refractivity contribution in [1.82, 2.24) is 14.1 Å². The van der Waals surface area contributed by atoms with E-state index >= 15 is 0 Å². The van der Waals surface area contributed by atoms with Gasteiger partial charge in [-0.1, -0.05) is 78.0 Å². The van der Waals surface area contributed by atoms with Crippen LogP contribution in [-0.2, 0) is 21.4 Å². The van der Waals surface area contributed by atoms with Crippen LogP contribution in [0.15, 0.2) is 36.4 Å². The SMILES string of the molecule is CCCCCCCCOC(=O)CCc1cc(-n2n3c4ccccc4n23)c(O)c(C(C)(C)C)c1. The van der Waals surface area contributed by atoms with Crippen molar-refractivity contribution in [3.63, 3.8) is 0 Å². The number of hydrogen-bond donors (Lipinski definition) is 1. The number of carbonyl (C=O) groups excluding carboxylic acids is 1. The lowest BCUT2D eigenvalue weighted by atomic mass is 9.84. The summed E-state index contributed by atoms with van der Waals surface area (Å²) in [7, 11) is 0. The highest BCUT2D eigenvalue weighted by Crippen LogP contribution is 2.39. The molecule has 2 aromatic carbocycles. The highest BCUT2D eigenvalue weighted by Gasteiger charge is 2.29. The number of unbranched alkanes of at least 4 members (excludes halogenated alkanes) is 5. The van der Waals surface area contributed by atoms with Gasteiger partial charge in [-0.25, -0.2) is 0 Å². The van der Waals surface area contributed by atoms with Crippen LogP contribution in [0.1, 0.15) is 83.8 Å². The van der Waals surface area contributed by atoms with Crippen LogP contribution >= 0.6 is 0 Å². The van der Waals surface area contributed by atoms with Crippen LogP contribution < -0.4 is 0 Å². The summed E-state index contributed by atoms with van der Waals surface area (Å²) < 4.78 is 9.53. The van der Waals surface area contributed by atoms with Gasteiger partial charge in [-0.15, -0.1) is 14.1 Å². The minimum absolute atomic E-state index is 0.151. The topological polar surface area (TPSA) is 60.3 Å². The van der Waals surface area contributed by atoms with Gasteiger partial charge in [0.05, 0.1) is 6.61 Å². The van der Waals surface area contributed by atoms with Crippen molar-refractivity contribution >= 4 is 17.0 Å². The zero-order valence-electron chi connectivity index (χ0n) is 20.4. The normalized spacial score (nSPS) is 12.4. The third-order valence-corrected chi connectivity index (χ3v) is 6.37. The Bertz CT molecular complexity index is 1160. The van der Waals surface area contributed by atoms with Gasteiger partial charge in [0, 0.05) is 12.0 Å². The number of nitrogens with zero attached hydrogens (tertiary/aromatic N) is 3. The van der Waals surface area contributed by atoms with Crippen molar-refractivity contribution in [2.24, 2.45) is 0 Å². The lowest BCUT2D eigenvalue weighted by Crippen LogP contribution is -2.13. The molecule has 0 radical (unpaired) electrons. The number of fused-ring (bicyclic) bond motifs is 4. The Hall–Kier alpha value is -2.89.